The lowest BCUT2D eigenvalue weighted by Gasteiger charge is -2.33. The van der Waals surface area contributed by atoms with Gasteiger partial charge < -0.3 is 9.80 Å². The number of nitrogens with zero attached hydrogens (tertiary/aromatic N) is 5. The van der Waals surface area contributed by atoms with E-state index in [1.165, 1.54) is 0 Å². The van der Waals surface area contributed by atoms with Crippen LogP contribution in [0.5, 0.6) is 0 Å². The summed E-state index contributed by atoms with van der Waals surface area (Å²) in [5.41, 5.74) is 3.06. The zero-order valence-corrected chi connectivity index (χ0v) is 16.5. The quantitative estimate of drug-likeness (QED) is 0.488. The Kier molecular flexibility index (Phi) is 4.65. The number of pyridine rings is 1. The third kappa shape index (κ3) is 3.34. The highest BCUT2D eigenvalue weighted by Crippen LogP contribution is 2.39. The van der Waals surface area contributed by atoms with Gasteiger partial charge in [-0.2, -0.15) is 0 Å². The summed E-state index contributed by atoms with van der Waals surface area (Å²) in [6, 6.07) is 16.1. The lowest BCUT2D eigenvalue weighted by atomic mass is 10.1. The van der Waals surface area contributed by atoms with E-state index in [0.717, 1.165) is 52.4 Å². The summed E-state index contributed by atoms with van der Waals surface area (Å²) in [4.78, 5) is 30.4. The summed E-state index contributed by atoms with van der Waals surface area (Å²) in [6.45, 7) is 2.88. The Hall–Kier alpha value is -3.32. The molecule has 0 spiro atoms. The number of piperazine rings is 1. The fourth-order valence-electron chi connectivity index (χ4n) is 3.63. The molecule has 144 valence electrons. The van der Waals surface area contributed by atoms with E-state index in [4.69, 9.17) is 9.97 Å². The minimum atomic E-state index is 0.632. The molecule has 29 heavy (non-hydrogen) atoms. The molecule has 7 heteroatoms. The van der Waals surface area contributed by atoms with Gasteiger partial charge in [-0.3, -0.25) is 9.78 Å². The Morgan fingerprint density at radius 2 is 1.72 bits per heavy atom. The molecule has 1 amide bonds. The Morgan fingerprint density at radius 1 is 0.931 bits per heavy atom. The molecular formula is C22H19N5OS. The van der Waals surface area contributed by atoms with Gasteiger partial charge in [0.15, 0.2) is 5.82 Å². The molecule has 0 aliphatic carbocycles. The number of thiophene rings is 1. The van der Waals surface area contributed by atoms with Gasteiger partial charge in [0.2, 0.25) is 6.41 Å². The molecule has 3 aromatic heterocycles. The Balaban J connectivity index is 1.68. The molecule has 0 saturated carbocycles. The average Bonchev–Trinajstić information content (AvgIpc) is 3.24. The van der Waals surface area contributed by atoms with Crippen LogP contribution in [0.25, 0.3) is 32.9 Å². The molecule has 1 aromatic carbocycles. The maximum absolute atomic E-state index is 11.1. The van der Waals surface area contributed by atoms with E-state index in [9.17, 15) is 4.79 Å². The number of anilines is 1. The van der Waals surface area contributed by atoms with Gasteiger partial charge in [-0.15, -0.1) is 11.3 Å². The van der Waals surface area contributed by atoms with Gasteiger partial charge >= 0.3 is 0 Å². The van der Waals surface area contributed by atoms with Gasteiger partial charge in [-0.05, 0) is 17.7 Å². The van der Waals surface area contributed by atoms with Gasteiger partial charge in [0.1, 0.15) is 16.3 Å². The molecule has 4 heterocycles. The first-order valence-electron chi connectivity index (χ1n) is 9.54. The van der Waals surface area contributed by atoms with Gasteiger partial charge in [0, 0.05) is 43.3 Å². The lowest BCUT2D eigenvalue weighted by Crippen LogP contribution is -2.46. The molecule has 0 bridgehead atoms. The van der Waals surface area contributed by atoms with Crippen LogP contribution in [0.2, 0.25) is 0 Å². The van der Waals surface area contributed by atoms with Crippen molar-refractivity contribution in [1.82, 2.24) is 19.9 Å². The number of aromatic nitrogens is 3. The number of fused-ring (bicyclic) bond motifs is 1. The number of rotatable bonds is 4. The molecule has 6 nitrogen and oxygen atoms in total. The van der Waals surface area contributed by atoms with Crippen molar-refractivity contribution in [2.45, 2.75) is 0 Å². The first-order chi connectivity index (χ1) is 14.3. The van der Waals surface area contributed by atoms with Crippen molar-refractivity contribution in [3.05, 3.63) is 60.1 Å². The topological polar surface area (TPSA) is 62.2 Å². The van der Waals surface area contributed by atoms with Crippen LogP contribution in [-0.4, -0.2) is 52.4 Å². The SMILES string of the molecule is O=CN1CCN(c2nc(-c3ccccn3)nc3scc(-c4ccccc4)c23)CC1. The van der Waals surface area contributed by atoms with E-state index in [2.05, 4.69) is 27.4 Å². The van der Waals surface area contributed by atoms with Gasteiger partial charge in [-0.1, -0.05) is 36.4 Å². The van der Waals surface area contributed by atoms with Crippen LogP contribution < -0.4 is 4.90 Å². The minimum absolute atomic E-state index is 0.632. The van der Waals surface area contributed by atoms with E-state index in [1.54, 1.807) is 22.4 Å². The van der Waals surface area contributed by atoms with E-state index in [0.29, 0.717) is 18.9 Å². The van der Waals surface area contributed by atoms with Crippen LogP contribution in [0.15, 0.2) is 60.1 Å². The second kappa shape index (κ2) is 7.60. The fourth-order valence-corrected chi connectivity index (χ4v) is 4.57. The van der Waals surface area contributed by atoms with Gasteiger partial charge in [-0.25, -0.2) is 9.97 Å². The molecule has 1 aliphatic heterocycles. The predicted molar refractivity (Wildman–Crippen MR) is 116 cm³/mol. The summed E-state index contributed by atoms with van der Waals surface area (Å²) in [6.07, 6.45) is 2.68. The number of hydrogen-bond donors (Lipinski definition) is 0. The largest absolute Gasteiger partial charge is 0.352 e. The molecule has 0 radical (unpaired) electrons. The van der Waals surface area contributed by atoms with E-state index >= 15 is 0 Å². The fraction of sp³-hybridized carbons (Fsp3) is 0.182. The summed E-state index contributed by atoms with van der Waals surface area (Å²) >= 11 is 1.63. The number of benzene rings is 1. The van der Waals surface area contributed by atoms with Crippen LogP contribution in [-0.2, 0) is 4.79 Å². The zero-order chi connectivity index (χ0) is 19.6. The van der Waals surface area contributed by atoms with Crippen molar-refractivity contribution in [2.24, 2.45) is 0 Å². The van der Waals surface area contributed by atoms with E-state index in [-0.39, 0.29) is 0 Å². The monoisotopic (exact) mass is 401 g/mol. The standard InChI is InChI=1S/C22H19N5OS/c28-15-26-10-12-27(13-11-26)21-19-17(16-6-2-1-3-7-16)14-29-22(19)25-20(24-21)18-8-4-5-9-23-18/h1-9,14-15H,10-13H2. The molecule has 1 aliphatic rings. The van der Waals surface area contributed by atoms with Crippen molar-refractivity contribution in [3.63, 3.8) is 0 Å². The normalized spacial score (nSPS) is 14.3. The summed E-state index contributed by atoms with van der Waals surface area (Å²) in [5.74, 6) is 1.55. The third-order valence-corrected chi connectivity index (χ3v) is 6.03. The Labute approximate surface area is 172 Å². The van der Waals surface area contributed by atoms with Gasteiger partial charge in [0.25, 0.3) is 0 Å². The second-order valence-electron chi connectivity index (χ2n) is 6.91. The maximum atomic E-state index is 11.1. The summed E-state index contributed by atoms with van der Waals surface area (Å²) in [5, 5.41) is 3.22. The third-order valence-electron chi connectivity index (χ3n) is 5.16. The van der Waals surface area contributed by atoms with Gasteiger partial charge in [0.05, 0.1) is 5.39 Å². The number of amides is 1. The molecule has 4 aromatic rings. The maximum Gasteiger partial charge on any atom is 0.209 e. The van der Waals surface area contributed by atoms with Crippen LogP contribution >= 0.6 is 11.3 Å². The van der Waals surface area contributed by atoms with Crippen LogP contribution in [0, 0.1) is 0 Å². The molecular weight excluding hydrogens is 382 g/mol. The molecule has 0 atom stereocenters. The molecule has 5 rings (SSSR count). The average molecular weight is 401 g/mol. The van der Waals surface area contributed by atoms with Crippen LogP contribution in [0.3, 0.4) is 0 Å². The van der Waals surface area contributed by atoms with Crippen molar-refractivity contribution >= 4 is 33.8 Å². The molecule has 0 N–H and O–H groups in total. The van der Waals surface area contributed by atoms with Crippen molar-refractivity contribution in [2.75, 3.05) is 31.1 Å². The minimum Gasteiger partial charge on any atom is -0.352 e. The smallest absolute Gasteiger partial charge is 0.209 e. The molecule has 1 fully saturated rings. The number of carbonyl (C=O) groups excluding carboxylic acids is 1. The molecule has 1 saturated heterocycles. The summed E-state index contributed by atoms with van der Waals surface area (Å²) in [7, 11) is 0. The second-order valence-corrected chi connectivity index (χ2v) is 7.77. The number of carbonyl (C=O) groups is 1. The Morgan fingerprint density at radius 3 is 2.45 bits per heavy atom. The number of hydrogen-bond acceptors (Lipinski definition) is 6. The summed E-state index contributed by atoms with van der Waals surface area (Å²) < 4.78 is 0. The van der Waals surface area contributed by atoms with E-state index < -0.39 is 0 Å². The van der Waals surface area contributed by atoms with Crippen molar-refractivity contribution in [1.29, 1.82) is 0 Å². The zero-order valence-electron chi connectivity index (χ0n) is 15.7. The van der Waals surface area contributed by atoms with Crippen molar-refractivity contribution < 1.29 is 4.79 Å². The van der Waals surface area contributed by atoms with Crippen molar-refractivity contribution in [3.8, 4) is 22.6 Å². The van der Waals surface area contributed by atoms with E-state index in [1.807, 2.05) is 36.4 Å². The first kappa shape index (κ1) is 17.8. The van der Waals surface area contributed by atoms with Crippen LogP contribution in [0.4, 0.5) is 5.82 Å². The highest BCUT2D eigenvalue weighted by atomic mass is 32.1. The highest BCUT2D eigenvalue weighted by Gasteiger charge is 2.23. The lowest BCUT2D eigenvalue weighted by molar-refractivity contribution is -0.118. The highest BCUT2D eigenvalue weighted by molar-refractivity contribution is 7.17. The Bertz CT molecular complexity index is 1140. The van der Waals surface area contributed by atoms with Crippen LogP contribution in [0.1, 0.15) is 0 Å². The predicted octanol–water partition coefficient (Wildman–Crippen LogP) is 3.70. The first-order valence-corrected chi connectivity index (χ1v) is 10.4. The molecule has 0 unspecified atom stereocenters.